The van der Waals surface area contributed by atoms with Crippen molar-refractivity contribution in [2.75, 3.05) is 13.1 Å². The van der Waals surface area contributed by atoms with Gasteiger partial charge in [0.1, 0.15) is 0 Å². The molecule has 132 valence electrons. The summed E-state index contributed by atoms with van der Waals surface area (Å²) in [5.74, 6) is 0. The second-order valence-electron chi connectivity index (χ2n) is 5.51. The maximum Gasteiger partial charge on any atom is 0.231 e. The lowest BCUT2D eigenvalue weighted by atomic mass is 10.1. The SMILES string of the molecule is N#CCCNCCc1ccc(N=Nc2nc3c(Br)cc(Br)cc3s2)cc1. The number of thiazole rings is 1. The van der Waals surface area contributed by atoms with Crippen LogP contribution in [0, 0.1) is 11.3 Å². The molecule has 2 aromatic carbocycles. The van der Waals surface area contributed by atoms with E-state index < -0.39 is 0 Å². The molecule has 0 fully saturated rings. The predicted octanol–water partition coefficient (Wildman–Crippen LogP) is 6.28. The topological polar surface area (TPSA) is 73.4 Å². The number of nitriles is 1. The van der Waals surface area contributed by atoms with E-state index in [1.165, 1.54) is 16.9 Å². The third-order valence-corrected chi connectivity index (χ3v) is 5.54. The first-order chi connectivity index (χ1) is 12.7. The van der Waals surface area contributed by atoms with Crippen LogP contribution >= 0.6 is 43.2 Å². The first kappa shape index (κ1) is 19.1. The smallest absolute Gasteiger partial charge is 0.231 e. The quantitative estimate of drug-likeness (QED) is 0.311. The van der Waals surface area contributed by atoms with Gasteiger partial charge in [-0.3, -0.25) is 0 Å². The van der Waals surface area contributed by atoms with Gasteiger partial charge in [0.15, 0.2) is 0 Å². The van der Waals surface area contributed by atoms with E-state index in [4.69, 9.17) is 5.26 Å². The minimum absolute atomic E-state index is 0.540. The summed E-state index contributed by atoms with van der Waals surface area (Å²) in [6, 6.07) is 14.1. The summed E-state index contributed by atoms with van der Waals surface area (Å²) in [7, 11) is 0. The molecule has 3 aromatic rings. The maximum atomic E-state index is 8.50. The Hall–Kier alpha value is -1.66. The van der Waals surface area contributed by atoms with E-state index in [1.807, 2.05) is 36.4 Å². The second kappa shape index (κ2) is 9.33. The Kier molecular flexibility index (Phi) is 6.86. The van der Waals surface area contributed by atoms with E-state index >= 15 is 0 Å². The lowest BCUT2D eigenvalue weighted by molar-refractivity contribution is 0.692. The fourth-order valence-electron chi connectivity index (χ4n) is 2.32. The number of hydrogen-bond donors (Lipinski definition) is 1. The fourth-order valence-corrected chi connectivity index (χ4v) is 4.77. The van der Waals surface area contributed by atoms with E-state index in [2.05, 4.69) is 58.5 Å². The molecule has 1 heterocycles. The van der Waals surface area contributed by atoms with Gasteiger partial charge in [-0.15, -0.1) is 10.2 Å². The first-order valence-electron chi connectivity index (χ1n) is 7.99. The molecule has 0 saturated heterocycles. The van der Waals surface area contributed by atoms with E-state index in [9.17, 15) is 0 Å². The summed E-state index contributed by atoms with van der Waals surface area (Å²) < 4.78 is 2.99. The summed E-state index contributed by atoms with van der Waals surface area (Å²) in [5.41, 5.74) is 2.92. The molecule has 3 rings (SSSR count). The second-order valence-corrected chi connectivity index (χ2v) is 8.28. The van der Waals surface area contributed by atoms with Gasteiger partial charge in [-0.2, -0.15) is 5.26 Å². The summed E-state index contributed by atoms with van der Waals surface area (Å²) in [6.07, 6.45) is 1.46. The molecule has 0 aliphatic carbocycles. The Morgan fingerprint density at radius 1 is 1.12 bits per heavy atom. The van der Waals surface area contributed by atoms with Gasteiger partial charge in [0.25, 0.3) is 0 Å². The summed E-state index contributed by atoms with van der Waals surface area (Å²) in [6.45, 7) is 1.59. The molecule has 5 nitrogen and oxygen atoms in total. The van der Waals surface area contributed by atoms with Gasteiger partial charge in [0, 0.05) is 21.9 Å². The summed E-state index contributed by atoms with van der Waals surface area (Å²) >= 11 is 8.50. The highest BCUT2D eigenvalue weighted by molar-refractivity contribution is 9.11. The number of benzene rings is 2. The summed E-state index contributed by atoms with van der Waals surface area (Å²) in [4.78, 5) is 4.51. The van der Waals surface area contributed by atoms with Crippen molar-refractivity contribution in [3.8, 4) is 6.07 Å². The molecule has 0 aliphatic heterocycles. The molecular formula is C18H15Br2N5S. The van der Waals surface area contributed by atoms with E-state index in [1.54, 1.807) is 0 Å². The minimum Gasteiger partial charge on any atom is -0.315 e. The molecule has 0 spiro atoms. The van der Waals surface area contributed by atoms with Crippen LogP contribution in [0.5, 0.6) is 0 Å². The highest BCUT2D eigenvalue weighted by atomic mass is 79.9. The van der Waals surface area contributed by atoms with Crippen molar-refractivity contribution < 1.29 is 0 Å². The Morgan fingerprint density at radius 3 is 2.69 bits per heavy atom. The molecule has 8 heteroatoms. The lowest BCUT2D eigenvalue weighted by Crippen LogP contribution is -2.17. The van der Waals surface area contributed by atoms with Gasteiger partial charge >= 0.3 is 0 Å². The standard InChI is InChI=1S/C18H15Br2N5S/c19-13-10-15(20)17-16(11-13)26-18(23-17)25-24-14-4-2-12(3-5-14)6-9-22-8-1-7-21/h2-5,10-11,22H,1,6,8-9H2. The minimum atomic E-state index is 0.540. The molecule has 0 radical (unpaired) electrons. The zero-order valence-electron chi connectivity index (χ0n) is 13.7. The number of hydrogen-bond acceptors (Lipinski definition) is 6. The number of nitrogens with one attached hydrogen (secondary N) is 1. The number of halogens is 2. The van der Waals surface area contributed by atoms with Gasteiger partial charge in [-0.05, 0) is 58.7 Å². The molecule has 0 saturated carbocycles. The fraction of sp³-hybridized carbons (Fsp3) is 0.222. The zero-order valence-corrected chi connectivity index (χ0v) is 17.7. The van der Waals surface area contributed by atoms with Crippen molar-refractivity contribution in [1.29, 1.82) is 5.26 Å². The van der Waals surface area contributed by atoms with Crippen LogP contribution in [0.25, 0.3) is 10.2 Å². The van der Waals surface area contributed by atoms with Gasteiger partial charge in [-0.25, -0.2) is 4.98 Å². The number of aromatic nitrogens is 1. The highest BCUT2D eigenvalue weighted by Crippen LogP contribution is 2.35. The molecular weight excluding hydrogens is 478 g/mol. The number of azo groups is 1. The van der Waals surface area contributed by atoms with Crippen molar-refractivity contribution in [1.82, 2.24) is 10.3 Å². The molecule has 1 N–H and O–H groups in total. The van der Waals surface area contributed by atoms with Crippen molar-refractivity contribution >= 4 is 64.2 Å². The van der Waals surface area contributed by atoms with Gasteiger partial charge in [0.2, 0.25) is 5.13 Å². The monoisotopic (exact) mass is 491 g/mol. The van der Waals surface area contributed by atoms with Crippen LogP contribution in [0.15, 0.2) is 55.6 Å². The van der Waals surface area contributed by atoms with Crippen LogP contribution < -0.4 is 5.32 Å². The zero-order chi connectivity index (χ0) is 18.4. The van der Waals surface area contributed by atoms with Crippen molar-refractivity contribution in [2.24, 2.45) is 10.2 Å². The van der Waals surface area contributed by atoms with E-state index in [-0.39, 0.29) is 0 Å². The number of fused-ring (bicyclic) bond motifs is 1. The third-order valence-electron chi connectivity index (χ3n) is 3.59. The molecule has 0 aliphatic rings. The average Bonchev–Trinajstić information content (AvgIpc) is 3.04. The van der Waals surface area contributed by atoms with Gasteiger partial charge < -0.3 is 5.32 Å². The predicted molar refractivity (Wildman–Crippen MR) is 112 cm³/mol. The molecule has 0 amide bonds. The van der Waals surface area contributed by atoms with Crippen molar-refractivity contribution in [3.63, 3.8) is 0 Å². The Bertz CT molecular complexity index is 960. The average molecular weight is 493 g/mol. The van der Waals surface area contributed by atoms with Crippen LogP contribution in [-0.2, 0) is 6.42 Å². The molecule has 0 unspecified atom stereocenters. The Labute approximate surface area is 172 Å². The van der Waals surface area contributed by atoms with Crippen molar-refractivity contribution in [2.45, 2.75) is 12.8 Å². The molecule has 0 atom stereocenters. The Balaban J connectivity index is 1.62. The first-order valence-corrected chi connectivity index (χ1v) is 10.4. The van der Waals surface area contributed by atoms with E-state index in [0.717, 1.165) is 44.4 Å². The van der Waals surface area contributed by atoms with Crippen molar-refractivity contribution in [3.05, 3.63) is 50.9 Å². The van der Waals surface area contributed by atoms with Gasteiger partial charge in [0.05, 0.1) is 22.0 Å². The van der Waals surface area contributed by atoms with Crippen LogP contribution in [0.1, 0.15) is 12.0 Å². The maximum absolute atomic E-state index is 8.50. The molecule has 26 heavy (non-hydrogen) atoms. The lowest BCUT2D eigenvalue weighted by Gasteiger charge is -2.02. The van der Waals surface area contributed by atoms with Crippen LogP contribution in [0.3, 0.4) is 0 Å². The summed E-state index contributed by atoms with van der Waals surface area (Å²) in [5, 5.41) is 20.9. The largest absolute Gasteiger partial charge is 0.315 e. The normalized spacial score (nSPS) is 11.3. The van der Waals surface area contributed by atoms with Crippen LogP contribution in [0.2, 0.25) is 0 Å². The highest BCUT2D eigenvalue weighted by Gasteiger charge is 2.08. The Morgan fingerprint density at radius 2 is 1.92 bits per heavy atom. The number of rotatable bonds is 7. The van der Waals surface area contributed by atoms with Crippen LogP contribution in [-0.4, -0.2) is 18.1 Å². The number of nitrogens with zero attached hydrogens (tertiary/aromatic N) is 4. The third kappa shape index (κ3) is 5.17. The van der Waals surface area contributed by atoms with Crippen LogP contribution in [0.4, 0.5) is 10.8 Å². The van der Waals surface area contributed by atoms with Gasteiger partial charge in [-0.1, -0.05) is 39.4 Å². The molecule has 0 bridgehead atoms. The molecule has 1 aromatic heterocycles. The van der Waals surface area contributed by atoms with E-state index in [0.29, 0.717) is 11.6 Å².